The van der Waals surface area contributed by atoms with Crippen LogP contribution in [0.4, 0.5) is 0 Å². The SMILES string of the molecule is CC(C)n1c(Sc2ncc(CCN)cn2)n[nH]c1=O. The maximum Gasteiger partial charge on any atom is 0.344 e. The molecule has 2 aromatic heterocycles. The second kappa shape index (κ2) is 5.98. The molecule has 0 saturated carbocycles. The number of nitrogens with one attached hydrogen (secondary N) is 1. The van der Waals surface area contributed by atoms with E-state index in [1.165, 1.54) is 11.8 Å². The van der Waals surface area contributed by atoms with Gasteiger partial charge in [-0.05, 0) is 44.1 Å². The zero-order valence-electron chi connectivity index (χ0n) is 10.8. The van der Waals surface area contributed by atoms with E-state index in [0.717, 1.165) is 12.0 Å². The molecular formula is C11H16N6OS. The van der Waals surface area contributed by atoms with Crippen molar-refractivity contribution in [3.05, 3.63) is 28.4 Å². The van der Waals surface area contributed by atoms with Gasteiger partial charge in [-0.3, -0.25) is 4.57 Å². The fraction of sp³-hybridized carbons (Fsp3) is 0.455. The van der Waals surface area contributed by atoms with Crippen molar-refractivity contribution in [2.24, 2.45) is 5.73 Å². The molecule has 0 aromatic carbocycles. The Bertz CT molecular complexity index is 588. The first-order valence-corrected chi connectivity index (χ1v) is 6.79. The lowest BCUT2D eigenvalue weighted by molar-refractivity contribution is 0.533. The first-order valence-electron chi connectivity index (χ1n) is 5.97. The summed E-state index contributed by atoms with van der Waals surface area (Å²) in [5.41, 5.74) is 6.24. The quantitative estimate of drug-likeness (QED) is 0.777. The second-order valence-corrected chi connectivity index (χ2v) is 5.22. The van der Waals surface area contributed by atoms with Crippen LogP contribution in [0.1, 0.15) is 25.5 Å². The molecule has 0 aliphatic rings. The minimum Gasteiger partial charge on any atom is -0.330 e. The van der Waals surface area contributed by atoms with Gasteiger partial charge in [-0.15, -0.1) is 5.10 Å². The van der Waals surface area contributed by atoms with Crippen molar-refractivity contribution < 1.29 is 0 Å². The molecule has 2 aromatic rings. The van der Waals surface area contributed by atoms with Gasteiger partial charge in [-0.25, -0.2) is 19.9 Å². The van der Waals surface area contributed by atoms with E-state index >= 15 is 0 Å². The predicted molar refractivity (Wildman–Crippen MR) is 72.1 cm³/mol. The monoisotopic (exact) mass is 280 g/mol. The van der Waals surface area contributed by atoms with E-state index in [0.29, 0.717) is 16.9 Å². The summed E-state index contributed by atoms with van der Waals surface area (Å²) in [5.74, 6) is 0. The van der Waals surface area contributed by atoms with Crippen molar-refractivity contribution in [2.45, 2.75) is 36.6 Å². The highest BCUT2D eigenvalue weighted by molar-refractivity contribution is 7.99. The number of rotatable bonds is 5. The van der Waals surface area contributed by atoms with Crippen molar-refractivity contribution in [3.63, 3.8) is 0 Å². The zero-order chi connectivity index (χ0) is 13.8. The van der Waals surface area contributed by atoms with Gasteiger partial charge < -0.3 is 5.73 Å². The third kappa shape index (κ3) is 3.21. The topological polar surface area (TPSA) is 102 Å². The summed E-state index contributed by atoms with van der Waals surface area (Å²) in [5, 5.41) is 7.53. The Kier molecular flexibility index (Phi) is 4.33. The second-order valence-electron chi connectivity index (χ2n) is 4.29. The summed E-state index contributed by atoms with van der Waals surface area (Å²) < 4.78 is 1.57. The molecule has 2 heterocycles. The van der Waals surface area contributed by atoms with Crippen molar-refractivity contribution in [1.82, 2.24) is 24.7 Å². The first-order chi connectivity index (χ1) is 9.11. The average Bonchev–Trinajstić information content (AvgIpc) is 2.73. The number of aromatic nitrogens is 5. The number of nitrogens with zero attached hydrogens (tertiary/aromatic N) is 4. The lowest BCUT2D eigenvalue weighted by Gasteiger charge is -2.07. The Morgan fingerprint density at radius 2 is 2.11 bits per heavy atom. The summed E-state index contributed by atoms with van der Waals surface area (Å²) in [6, 6.07) is 0.0327. The molecule has 0 radical (unpaired) electrons. The van der Waals surface area contributed by atoms with Crippen molar-refractivity contribution in [1.29, 1.82) is 0 Å². The molecule has 3 N–H and O–H groups in total. The van der Waals surface area contributed by atoms with Gasteiger partial charge in [0, 0.05) is 18.4 Å². The fourth-order valence-corrected chi connectivity index (χ4v) is 2.45. The number of hydrogen-bond acceptors (Lipinski definition) is 6. The van der Waals surface area contributed by atoms with Crippen LogP contribution in [-0.2, 0) is 6.42 Å². The Morgan fingerprint density at radius 1 is 1.42 bits per heavy atom. The third-order valence-corrected chi connectivity index (χ3v) is 3.35. The smallest absolute Gasteiger partial charge is 0.330 e. The van der Waals surface area contributed by atoms with Crippen LogP contribution in [0.3, 0.4) is 0 Å². The van der Waals surface area contributed by atoms with Crippen molar-refractivity contribution >= 4 is 11.8 Å². The molecule has 102 valence electrons. The Labute approximate surface area is 114 Å². The molecule has 0 fully saturated rings. The van der Waals surface area contributed by atoms with Crippen LogP contribution in [0.5, 0.6) is 0 Å². The molecule has 0 atom stereocenters. The van der Waals surface area contributed by atoms with Crippen LogP contribution in [0, 0.1) is 0 Å². The zero-order valence-corrected chi connectivity index (χ0v) is 11.6. The van der Waals surface area contributed by atoms with E-state index in [9.17, 15) is 4.79 Å². The molecule has 0 spiro atoms. The van der Waals surface area contributed by atoms with Crippen LogP contribution in [-0.4, -0.2) is 31.3 Å². The van der Waals surface area contributed by atoms with Crippen LogP contribution in [0.15, 0.2) is 27.5 Å². The summed E-state index contributed by atoms with van der Waals surface area (Å²) in [4.78, 5) is 20.0. The summed E-state index contributed by atoms with van der Waals surface area (Å²) in [6.07, 6.45) is 4.24. The van der Waals surface area contributed by atoms with Gasteiger partial charge in [0.1, 0.15) is 0 Å². The molecule has 0 aliphatic carbocycles. The van der Waals surface area contributed by atoms with Gasteiger partial charge in [0.15, 0.2) is 10.3 Å². The highest BCUT2D eigenvalue weighted by atomic mass is 32.2. The Morgan fingerprint density at radius 3 is 2.68 bits per heavy atom. The maximum absolute atomic E-state index is 11.6. The average molecular weight is 280 g/mol. The molecule has 8 heteroatoms. The number of nitrogens with two attached hydrogens (primary N) is 1. The van der Waals surface area contributed by atoms with E-state index in [1.54, 1.807) is 17.0 Å². The normalized spacial score (nSPS) is 11.2. The van der Waals surface area contributed by atoms with Gasteiger partial charge in [-0.2, -0.15) is 0 Å². The molecular weight excluding hydrogens is 264 g/mol. The van der Waals surface area contributed by atoms with Gasteiger partial charge in [-0.1, -0.05) is 0 Å². The lowest BCUT2D eigenvalue weighted by atomic mass is 10.2. The van der Waals surface area contributed by atoms with E-state index < -0.39 is 0 Å². The molecule has 7 nitrogen and oxygen atoms in total. The first kappa shape index (κ1) is 13.8. The van der Waals surface area contributed by atoms with Crippen molar-refractivity contribution in [3.8, 4) is 0 Å². The fourth-order valence-electron chi connectivity index (χ4n) is 1.59. The molecule has 2 rings (SSSR count). The summed E-state index contributed by atoms with van der Waals surface area (Å²) in [7, 11) is 0. The molecule has 0 bridgehead atoms. The highest BCUT2D eigenvalue weighted by Gasteiger charge is 2.13. The van der Waals surface area contributed by atoms with Crippen molar-refractivity contribution in [2.75, 3.05) is 6.54 Å². The van der Waals surface area contributed by atoms with E-state index in [1.807, 2.05) is 13.8 Å². The minimum absolute atomic E-state index is 0.0327. The van der Waals surface area contributed by atoms with Crippen LogP contribution in [0.25, 0.3) is 0 Å². The van der Waals surface area contributed by atoms with Gasteiger partial charge in [0.25, 0.3) is 0 Å². The molecule has 0 unspecified atom stereocenters. The van der Waals surface area contributed by atoms with Crippen LogP contribution in [0.2, 0.25) is 0 Å². The minimum atomic E-state index is -0.225. The summed E-state index contributed by atoms with van der Waals surface area (Å²) >= 11 is 1.26. The number of H-pyrrole nitrogens is 1. The van der Waals surface area contributed by atoms with Crippen LogP contribution < -0.4 is 11.4 Å². The predicted octanol–water partition coefficient (Wildman–Crippen LogP) is 0.595. The van der Waals surface area contributed by atoms with E-state index in [-0.39, 0.29) is 11.7 Å². The van der Waals surface area contributed by atoms with Gasteiger partial charge in [0.2, 0.25) is 0 Å². The molecule has 19 heavy (non-hydrogen) atoms. The Hall–Kier alpha value is -1.67. The van der Waals surface area contributed by atoms with Gasteiger partial charge >= 0.3 is 5.69 Å². The van der Waals surface area contributed by atoms with E-state index in [2.05, 4.69) is 20.2 Å². The third-order valence-electron chi connectivity index (χ3n) is 2.49. The van der Waals surface area contributed by atoms with Gasteiger partial charge in [0.05, 0.1) is 0 Å². The highest BCUT2D eigenvalue weighted by Crippen LogP contribution is 2.22. The van der Waals surface area contributed by atoms with Crippen LogP contribution >= 0.6 is 11.8 Å². The number of aromatic amines is 1. The number of hydrogen-bond donors (Lipinski definition) is 2. The lowest BCUT2D eigenvalue weighted by Crippen LogP contribution is -2.19. The molecule has 0 aliphatic heterocycles. The molecule has 0 saturated heterocycles. The standard InChI is InChI=1S/C11H16N6OS/c1-7(2)17-10(18)15-16-11(17)19-9-13-5-8(3-4-12)6-14-9/h5-7H,3-4,12H2,1-2H3,(H,15,18). The maximum atomic E-state index is 11.6. The van der Waals surface area contributed by atoms with E-state index in [4.69, 9.17) is 5.73 Å². The largest absolute Gasteiger partial charge is 0.344 e. The Balaban J connectivity index is 2.19. The molecule has 0 amide bonds. The summed E-state index contributed by atoms with van der Waals surface area (Å²) in [6.45, 7) is 4.42.